The van der Waals surface area contributed by atoms with Crippen LogP contribution in [0.2, 0.25) is 0 Å². The number of urea groups is 1. The number of hydrogen-bond acceptors (Lipinski definition) is 11. The van der Waals surface area contributed by atoms with Crippen LogP contribution in [0.4, 0.5) is 10.7 Å². The quantitative estimate of drug-likeness (QED) is 0.453. The highest BCUT2D eigenvalue weighted by Gasteiger charge is 2.34. The smallest absolute Gasteiger partial charge is 0.339 e. The molecular weight excluding hydrogens is 414 g/mol. The summed E-state index contributed by atoms with van der Waals surface area (Å²) in [5, 5.41) is 0.686. The van der Waals surface area contributed by atoms with Crippen molar-refractivity contribution in [3.8, 4) is 12.0 Å². The van der Waals surface area contributed by atoms with E-state index in [1.807, 2.05) is 0 Å². The first-order valence-corrected chi connectivity index (χ1v) is 9.35. The zero-order valence-electron chi connectivity index (χ0n) is 14.8. The van der Waals surface area contributed by atoms with Gasteiger partial charge in [0.15, 0.2) is 0 Å². The molecule has 1 aromatic rings. The van der Waals surface area contributed by atoms with E-state index in [-0.39, 0.29) is 28.4 Å². The molecule has 1 atom stereocenters. The van der Waals surface area contributed by atoms with Crippen LogP contribution in [-0.4, -0.2) is 66.8 Å². The number of amides is 2. The number of sulfonamides is 1. The molecular formula is C14H15N5O7S2. The van der Waals surface area contributed by atoms with Gasteiger partial charge < -0.3 is 14.2 Å². The lowest BCUT2D eigenvalue weighted by Gasteiger charge is -2.19. The Kier molecular flexibility index (Phi) is 6.58. The summed E-state index contributed by atoms with van der Waals surface area (Å²) in [4.78, 5) is 34.8. The molecule has 1 aliphatic carbocycles. The Morgan fingerprint density at radius 1 is 1.11 bits per heavy atom. The van der Waals surface area contributed by atoms with Gasteiger partial charge in [-0.05, 0) is 6.08 Å². The van der Waals surface area contributed by atoms with Crippen molar-refractivity contribution in [1.82, 2.24) is 19.7 Å². The van der Waals surface area contributed by atoms with Crippen molar-refractivity contribution in [1.29, 1.82) is 0 Å². The number of nitrogens with one attached hydrogen (secondary N) is 2. The predicted molar refractivity (Wildman–Crippen MR) is 99.6 cm³/mol. The summed E-state index contributed by atoms with van der Waals surface area (Å²) in [6.45, 7) is 0. The number of carbonyl (C=O) groups is 2. The van der Waals surface area contributed by atoms with Crippen molar-refractivity contribution in [3.63, 3.8) is 0 Å². The zero-order valence-corrected chi connectivity index (χ0v) is 16.5. The number of nitrogens with zero attached hydrogens (tertiary/aromatic N) is 3. The van der Waals surface area contributed by atoms with E-state index in [4.69, 9.17) is 21.7 Å². The minimum absolute atomic E-state index is 0.0947. The van der Waals surface area contributed by atoms with E-state index >= 15 is 0 Å². The molecule has 1 aliphatic rings. The average Bonchev–Trinajstić information content (AvgIpc) is 2.66. The van der Waals surface area contributed by atoms with Crippen LogP contribution in [0.3, 0.4) is 0 Å². The molecule has 1 aromatic heterocycles. The summed E-state index contributed by atoms with van der Waals surface area (Å²) in [6.07, 6.45) is 3.87. The summed E-state index contributed by atoms with van der Waals surface area (Å²) in [5.74, 6) is -1.10. The van der Waals surface area contributed by atoms with Crippen molar-refractivity contribution in [2.45, 2.75) is 5.25 Å². The first kappa shape index (κ1) is 21.2. The second kappa shape index (κ2) is 8.71. The SMILES string of the molecule is COC(=O)C1=CC=CC(S(=O)(=O)NC(=O)Nc2nc(OC)nc(OC)n2)C1=S. The van der Waals surface area contributed by atoms with Crippen LogP contribution in [0.25, 0.3) is 0 Å². The van der Waals surface area contributed by atoms with E-state index in [1.54, 1.807) is 4.72 Å². The third kappa shape index (κ3) is 4.77. The maximum atomic E-state index is 12.5. The van der Waals surface area contributed by atoms with E-state index in [9.17, 15) is 18.0 Å². The maximum Gasteiger partial charge on any atom is 0.339 e. The highest BCUT2D eigenvalue weighted by Crippen LogP contribution is 2.18. The Hall–Kier alpha value is -3.13. The van der Waals surface area contributed by atoms with Gasteiger partial charge in [-0.15, -0.1) is 4.98 Å². The summed E-state index contributed by atoms with van der Waals surface area (Å²) in [6, 6.07) is -1.48. The third-order valence-corrected chi connectivity index (χ3v) is 5.39. The molecule has 12 nitrogen and oxygen atoms in total. The normalized spacial score (nSPS) is 16.0. The van der Waals surface area contributed by atoms with Gasteiger partial charge in [-0.1, -0.05) is 24.4 Å². The van der Waals surface area contributed by atoms with Crippen molar-refractivity contribution < 1.29 is 32.2 Å². The van der Waals surface area contributed by atoms with Gasteiger partial charge in [0.25, 0.3) is 0 Å². The van der Waals surface area contributed by atoms with Gasteiger partial charge in [0.05, 0.1) is 31.8 Å². The molecule has 28 heavy (non-hydrogen) atoms. The van der Waals surface area contributed by atoms with Crippen LogP contribution >= 0.6 is 12.2 Å². The molecule has 2 amide bonds. The summed E-state index contributed by atoms with van der Waals surface area (Å²) >= 11 is 5.05. The van der Waals surface area contributed by atoms with Gasteiger partial charge in [0, 0.05) is 0 Å². The zero-order chi connectivity index (χ0) is 20.9. The topological polar surface area (TPSA) is 159 Å². The van der Waals surface area contributed by atoms with Gasteiger partial charge in [-0.2, -0.15) is 9.97 Å². The van der Waals surface area contributed by atoms with Crippen molar-refractivity contribution >= 4 is 45.1 Å². The number of aromatic nitrogens is 3. The molecule has 0 radical (unpaired) electrons. The fourth-order valence-electron chi connectivity index (χ4n) is 1.99. The number of esters is 1. The Balaban J connectivity index is 2.15. The van der Waals surface area contributed by atoms with Gasteiger partial charge in [-0.25, -0.2) is 22.7 Å². The van der Waals surface area contributed by atoms with Gasteiger partial charge in [-0.3, -0.25) is 5.32 Å². The monoisotopic (exact) mass is 429 g/mol. The van der Waals surface area contributed by atoms with E-state index in [2.05, 4.69) is 25.0 Å². The Bertz CT molecular complexity index is 952. The second-order valence-corrected chi connectivity index (χ2v) is 7.22. The molecule has 2 rings (SSSR count). The number of rotatable bonds is 6. The number of methoxy groups -OCH3 is 3. The van der Waals surface area contributed by atoms with E-state index in [0.29, 0.717) is 0 Å². The number of hydrogen-bond donors (Lipinski definition) is 2. The van der Waals surface area contributed by atoms with Crippen molar-refractivity contribution in [2.75, 3.05) is 26.6 Å². The third-order valence-electron chi connectivity index (χ3n) is 3.23. The highest BCUT2D eigenvalue weighted by atomic mass is 32.2. The largest absolute Gasteiger partial charge is 0.467 e. The number of thiocarbonyl (C=S) groups is 1. The van der Waals surface area contributed by atoms with E-state index in [1.165, 1.54) is 32.4 Å². The van der Waals surface area contributed by atoms with Crippen LogP contribution in [0.1, 0.15) is 0 Å². The minimum Gasteiger partial charge on any atom is -0.467 e. The lowest BCUT2D eigenvalue weighted by atomic mass is 10.0. The average molecular weight is 429 g/mol. The fraction of sp³-hybridized carbons (Fsp3) is 0.286. The van der Waals surface area contributed by atoms with E-state index in [0.717, 1.165) is 7.11 Å². The molecule has 0 aliphatic heterocycles. The number of anilines is 1. The predicted octanol–water partition coefficient (Wildman–Crippen LogP) is -0.252. The Labute approximate surface area is 165 Å². The molecule has 0 aromatic carbocycles. The highest BCUT2D eigenvalue weighted by molar-refractivity contribution is 7.93. The van der Waals surface area contributed by atoms with Crippen molar-refractivity contribution in [3.05, 3.63) is 23.8 Å². The fourth-order valence-corrected chi connectivity index (χ4v) is 3.75. The van der Waals surface area contributed by atoms with Crippen LogP contribution in [0.15, 0.2) is 23.8 Å². The summed E-state index contributed by atoms with van der Waals surface area (Å²) in [7, 11) is -0.628. The van der Waals surface area contributed by atoms with Gasteiger partial charge >= 0.3 is 24.0 Å². The molecule has 0 bridgehead atoms. The van der Waals surface area contributed by atoms with E-state index < -0.39 is 27.3 Å². The number of ether oxygens (including phenoxy) is 3. The first-order valence-electron chi connectivity index (χ1n) is 7.39. The standard InChI is InChI=1S/C14H15N5O7S2/c1-24-10(20)7-5-4-6-8(9(7)27)28(22,23)19-12(21)15-11-16-13(25-2)18-14(17-11)26-3/h4-6,8H,1-3H3,(H2,15,16,17,18,19,21). The molecule has 1 unspecified atom stereocenters. The summed E-state index contributed by atoms with van der Waals surface area (Å²) in [5.41, 5.74) is -0.0947. The van der Waals surface area contributed by atoms with Crippen molar-refractivity contribution in [2.24, 2.45) is 0 Å². The Morgan fingerprint density at radius 2 is 1.71 bits per heavy atom. The maximum absolute atomic E-state index is 12.5. The first-order chi connectivity index (χ1) is 13.2. The lowest BCUT2D eigenvalue weighted by molar-refractivity contribution is -0.135. The molecule has 150 valence electrons. The van der Waals surface area contributed by atoms with Gasteiger partial charge in [0.1, 0.15) is 5.25 Å². The van der Waals surface area contributed by atoms with Crippen LogP contribution < -0.4 is 19.5 Å². The number of allylic oxidation sites excluding steroid dienone is 2. The lowest BCUT2D eigenvalue weighted by Crippen LogP contribution is -2.44. The molecule has 0 spiro atoms. The molecule has 0 fully saturated rings. The van der Waals surface area contributed by atoms with Crippen LogP contribution in [-0.2, 0) is 19.6 Å². The molecule has 2 N–H and O–H groups in total. The van der Waals surface area contributed by atoms with Crippen LogP contribution in [0, 0.1) is 0 Å². The molecule has 14 heteroatoms. The molecule has 0 saturated carbocycles. The second-order valence-electron chi connectivity index (χ2n) is 4.98. The molecule has 1 heterocycles. The van der Waals surface area contributed by atoms with Crippen LogP contribution in [0.5, 0.6) is 12.0 Å². The summed E-state index contributed by atoms with van der Waals surface area (Å²) < 4.78 is 41.0. The Morgan fingerprint density at radius 3 is 2.25 bits per heavy atom. The minimum atomic E-state index is -4.33. The molecule has 0 saturated heterocycles. The number of carbonyl (C=O) groups excluding carboxylic acids is 2. The van der Waals surface area contributed by atoms with Gasteiger partial charge in [0.2, 0.25) is 16.0 Å².